The Hall–Kier alpha value is -1.06. The van der Waals surface area contributed by atoms with Crippen molar-refractivity contribution in [2.45, 2.75) is 83.8 Å². The molecule has 2 fully saturated rings. The molecule has 2 rings (SSSR count). The highest BCUT2D eigenvalue weighted by Gasteiger charge is 2.49. The molecule has 1 heterocycles. The predicted molar refractivity (Wildman–Crippen MR) is 79.2 cm³/mol. The van der Waals surface area contributed by atoms with Crippen LogP contribution in [-0.4, -0.2) is 34.3 Å². The number of carbonyl (C=O) groups excluding carboxylic acids is 2. The normalized spacial score (nSPS) is 38.8. The van der Waals surface area contributed by atoms with Crippen molar-refractivity contribution < 1.29 is 9.59 Å². The zero-order valence-corrected chi connectivity index (χ0v) is 13.2. The monoisotopic (exact) mass is 280 g/mol. The van der Waals surface area contributed by atoms with E-state index in [0.29, 0.717) is 18.8 Å². The van der Waals surface area contributed by atoms with Gasteiger partial charge in [0.2, 0.25) is 11.8 Å². The molecule has 20 heavy (non-hydrogen) atoms. The van der Waals surface area contributed by atoms with Gasteiger partial charge in [0.05, 0.1) is 0 Å². The molecular formula is C16H28N2O2. The van der Waals surface area contributed by atoms with Crippen LogP contribution in [0.3, 0.4) is 0 Å². The minimum Gasteiger partial charge on any atom is -0.340 e. The molecule has 2 amide bonds. The molecule has 1 saturated heterocycles. The van der Waals surface area contributed by atoms with E-state index in [-0.39, 0.29) is 23.9 Å². The second-order valence-corrected chi connectivity index (χ2v) is 6.64. The molecule has 0 aromatic heterocycles. The smallest absolute Gasteiger partial charge is 0.248 e. The molecule has 1 N–H and O–H groups in total. The van der Waals surface area contributed by atoms with E-state index in [1.165, 1.54) is 12.8 Å². The zero-order valence-electron chi connectivity index (χ0n) is 13.2. The number of amides is 2. The molecule has 1 saturated carbocycles. The molecule has 2 aliphatic rings. The second kappa shape index (κ2) is 5.74. The van der Waals surface area contributed by atoms with Gasteiger partial charge in [-0.15, -0.1) is 0 Å². The fraction of sp³-hybridized carbons (Fsp3) is 0.875. The fourth-order valence-electron chi connectivity index (χ4n) is 3.67. The Morgan fingerprint density at radius 1 is 1.25 bits per heavy atom. The summed E-state index contributed by atoms with van der Waals surface area (Å²) >= 11 is 0. The Bertz CT molecular complexity index is 396. The lowest BCUT2D eigenvalue weighted by atomic mass is 9.81. The predicted octanol–water partition coefficient (Wildman–Crippen LogP) is 2.47. The number of piperazine rings is 1. The van der Waals surface area contributed by atoms with Crippen LogP contribution in [0.5, 0.6) is 0 Å². The molecule has 4 heteroatoms. The molecule has 1 aliphatic carbocycles. The van der Waals surface area contributed by atoms with Crippen LogP contribution in [0, 0.1) is 5.92 Å². The van der Waals surface area contributed by atoms with Crippen molar-refractivity contribution >= 4 is 11.8 Å². The molecular weight excluding hydrogens is 252 g/mol. The summed E-state index contributed by atoms with van der Waals surface area (Å²) in [7, 11) is 0. The molecule has 0 aromatic carbocycles. The molecule has 114 valence electrons. The number of carbonyl (C=O) groups is 2. The minimum atomic E-state index is -0.722. The highest BCUT2D eigenvalue weighted by Crippen LogP contribution is 2.34. The van der Waals surface area contributed by atoms with Crippen LogP contribution < -0.4 is 5.32 Å². The maximum absolute atomic E-state index is 12.9. The minimum absolute atomic E-state index is 0.0224. The van der Waals surface area contributed by atoms with Crippen LogP contribution in [0.25, 0.3) is 0 Å². The van der Waals surface area contributed by atoms with Crippen molar-refractivity contribution in [3.63, 3.8) is 0 Å². The summed E-state index contributed by atoms with van der Waals surface area (Å²) in [5.74, 6) is 0.633. The maximum atomic E-state index is 12.9. The number of hydrogen-bond acceptors (Lipinski definition) is 2. The summed E-state index contributed by atoms with van der Waals surface area (Å²) in [5.41, 5.74) is -0.722. The second-order valence-electron chi connectivity index (χ2n) is 6.64. The first-order valence-electron chi connectivity index (χ1n) is 8.09. The Kier molecular flexibility index (Phi) is 4.40. The van der Waals surface area contributed by atoms with Crippen molar-refractivity contribution in [2.24, 2.45) is 5.92 Å². The summed E-state index contributed by atoms with van der Waals surface area (Å²) in [6, 6.07) is -0.0502. The average molecular weight is 280 g/mol. The highest BCUT2D eigenvalue weighted by atomic mass is 16.2. The molecule has 4 atom stereocenters. The van der Waals surface area contributed by atoms with E-state index < -0.39 is 5.54 Å². The Balaban J connectivity index is 2.33. The Morgan fingerprint density at radius 2 is 1.90 bits per heavy atom. The van der Waals surface area contributed by atoms with E-state index in [1.54, 1.807) is 0 Å². The third-order valence-corrected chi connectivity index (χ3v) is 5.26. The molecule has 0 radical (unpaired) electrons. The van der Waals surface area contributed by atoms with E-state index in [0.717, 1.165) is 12.8 Å². The van der Waals surface area contributed by atoms with Crippen molar-refractivity contribution in [2.75, 3.05) is 0 Å². The SMILES string of the molecule is CCC1C(=O)NC(C)(CC)C(=O)N1C1CCCCC1C. The summed E-state index contributed by atoms with van der Waals surface area (Å²) in [4.78, 5) is 27.3. The maximum Gasteiger partial charge on any atom is 0.248 e. The summed E-state index contributed by atoms with van der Waals surface area (Å²) in [6.45, 7) is 8.04. The van der Waals surface area contributed by atoms with Gasteiger partial charge in [-0.2, -0.15) is 0 Å². The van der Waals surface area contributed by atoms with Gasteiger partial charge in [0.1, 0.15) is 11.6 Å². The largest absolute Gasteiger partial charge is 0.340 e. The summed E-state index contributed by atoms with van der Waals surface area (Å²) < 4.78 is 0. The Labute approximate surface area is 122 Å². The van der Waals surface area contributed by atoms with E-state index in [1.807, 2.05) is 25.7 Å². The van der Waals surface area contributed by atoms with Gasteiger partial charge in [0, 0.05) is 6.04 Å². The van der Waals surface area contributed by atoms with Gasteiger partial charge < -0.3 is 10.2 Å². The molecule has 4 nitrogen and oxygen atoms in total. The topological polar surface area (TPSA) is 49.4 Å². The van der Waals surface area contributed by atoms with Crippen molar-refractivity contribution in [1.29, 1.82) is 0 Å². The quantitative estimate of drug-likeness (QED) is 0.863. The molecule has 0 aromatic rings. The van der Waals surface area contributed by atoms with Crippen molar-refractivity contribution in [3.05, 3.63) is 0 Å². The first kappa shape index (κ1) is 15.3. The van der Waals surface area contributed by atoms with Crippen LogP contribution in [-0.2, 0) is 9.59 Å². The average Bonchev–Trinajstić information content (AvgIpc) is 2.43. The number of hydrogen-bond donors (Lipinski definition) is 1. The Morgan fingerprint density at radius 3 is 2.45 bits per heavy atom. The third-order valence-electron chi connectivity index (χ3n) is 5.26. The third kappa shape index (κ3) is 2.45. The van der Waals surface area contributed by atoms with E-state index >= 15 is 0 Å². The number of rotatable bonds is 3. The molecule has 4 unspecified atom stereocenters. The summed E-state index contributed by atoms with van der Waals surface area (Å²) in [5, 5.41) is 2.95. The zero-order chi connectivity index (χ0) is 14.9. The number of nitrogens with zero attached hydrogens (tertiary/aromatic N) is 1. The van der Waals surface area contributed by atoms with Gasteiger partial charge in [0.25, 0.3) is 0 Å². The van der Waals surface area contributed by atoms with Crippen LogP contribution in [0.1, 0.15) is 66.2 Å². The first-order valence-corrected chi connectivity index (χ1v) is 8.09. The van der Waals surface area contributed by atoms with Gasteiger partial charge in [0.15, 0.2) is 0 Å². The van der Waals surface area contributed by atoms with Crippen molar-refractivity contribution in [3.8, 4) is 0 Å². The fourth-order valence-corrected chi connectivity index (χ4v) is 3.67. The molecule has 0 bridgehead atoms. The number of nitrogens with one attached hydrogen (secondary N) is 1. The lowest BCUT2D eigenvalue weighted by Crippen LogP contribution is -2.71. The lowest BCUT2D eigenvalue weighted by molar-refractivity contribution is -0.159. The highest BCUT2D eigenvalue weighted by molar-refractivity contribution is 5.99. The van der Waals surface area contributed by atoms with Gasteiger partial charge in [-0.1, -0.05) is 33.6 Å². The van der Waals surface area contributed by atoms with Gasteiger partial charge in [-0.3, -0.25) is 9.59 Å². The van der Waals surface area contributed by atoms with Crippen LogP contribution in [0.4, 0.5) is 0 Å². The van der Waals surface area contributed by atoms with E-state index in [9.17, 15) is 9.59 Å². The van der Waals surface area contributed by atoms with E-state index in [2.05, 4.69) is 12.2 Å². The molecule has 1 aliphatic heterocycles. The van der Waals surface area contributed by atoms with E-state index in [4.69, 9.17) is 0 Å². The van der Waals surface area contributed by atoms with Crippen LogP contribution in [0.2, 0.25) is 0 Å². The standard InChI is InChI=1S/C16H28N2O2/c1-5-12-14(19)17-16(4,6-2)15(20)18(12)13-10-8-7-9-11(13)3/h11-13H,5-10H2,1-4H3,(H,17,19). The molecule has 0 spiro atoms. The van der Waals surface area contributed by atoms with Gasteiger partial charge >= 0.3 is 0 Å². The van der Waals surface area contributed by atoms with Crippen LogP contribution >= 0.6 is 0 Å². The van der Waals surface area contributed by atoms with Gasteiger partial charge in [-0.05, 0) is 38.5 Å². The van der Waals surface area contributed by atoms with Crippen LogP contribution in [0.15, 0.2) is 0 Å². The lowest BCUT2D eigenvalue weighted by Gasteiger charge is -2.50. The van der Waals surface area contributed by atoms with Gasteiger partial charge in [-0.25, -0.2) is 0 Å². The summed E-state index contributed by atoms with van der Waals surface area (Å²) in [6.07, 6.45) is 5.95. The first-order chi connectivity index (χ1) is 9.44. The van der Waals surface area contributed by atoms with Crippen molar-refractivity contribution in [1.82, 2.24) is 10.2 Å².